The molecule has 0 atom stereocenters. The molecule has 0 saturated heterocycles. The van der Waals surface area contributed by atoms with Gasteiger partial charge in [-0.3, -0.25) is 0 Å². The molecule has 0 unspecified atom stereocenters. The molecule has 0 radical (unpaired) electrons. The van der Waals surface area contributed by atoms with E-state index in [0.717, 1.165) is 13.1 Å². The Kier molecular flexibility index (Phi) is 3.47. The van der Waals surface area contributed by atoms with Crippen LogP contribution in [0.2, 0.25) is 0 Å². The summed E-state index contributed by atoms with van der Waals surface area (Å²) in [6.45, 7) is 4.37. The minimum atomic E-state index is 0.427. The van der Waals surface area contributed by atoms with Gasteiger partial charge in [-0.1, -0.05) is 41.4 Å². The summed E-state index contributed by atoms with van der Waals surface area (Å²) in [5, 5.41) is 3.49. The maximum Gasteiger partial charge on any atom is 0.0175 e. The van der Waals surface area contributed by atoms with E-state index in [0.29, 0.717) is 5.41 Å². The van der Waals surface area contributed by atoms with Crippen molar-refractivity contribution < 1.29 is 0 Å². The molecule has 82 valence electrons. The van der Waals surface area contributed by atoms with Crippen LogP contribution >= 0.6 is 15.9 Å². The Morgan fingerprint density at radius 2 is 1.93 bits per heavy atom. The molecule has 2 rings (SSSR count). The average molecular weight is 268 g/mol. The third-order valence-electron chi connectivity index (χ3n) is 3.48. The summed E-state index contributed by atoms with van der Waals surface area (Å²) in [6, 6.07) is 8.84. The Bertz CT molecular complexity index is 314. The van der Waals surface area contributed by atoms with Crippen LogP contribution < -0.4 is 5.32 Å². The molecule has 0 aromatic heterocycles. The Morgan fingerprint density at radius 1 is 1.27 bits per heavy atom. The van der Waals surface area contributed by atoms with Crippen LogP contribution in [0.5, 0.6) is 0 Å². The van der Waals surface area contributed by atoms with E-state index in [1.165, 1.54) is 29.3 Å². The van der Waals surface area contributed by atoms with E-state index in [9.17, 15) is 0 Å². The van der Waals surface area contributed by atoms with E-state index >= 15 is 0 Å². The molecule has 0 amide bonds. The predicted octanol–water partition coefficient (Wildman–Crippen LogP) is 3.48. The first-order valence-electron chi connectivity index (χ1n) is 5.74. The molecule has 1 aromatic carbocycles. The second kappa shape index (κ2) is 4.67. The van der Waals surface area contributed by atoms with Gasteiger partial charge in [0.2, 0.25) is 0 Å². The van der Waals surface area contributed by atoms with Crippen LogP contribution in [-0.4, -0.2) is 13.1 Å². The molecular weight excluding hydrogens is 250 g/mol. The van der Waals surface area contributed by atoms with Crippen LogP contribution in [0, 0.1) is 0 Å². The zero-order chi connectivity index (χ0) is 10.7. The van der Waals surface area contributed by atoms with E-state index in [1.807, 2.05) is 0 Å². The van der Waals surface area contributed by atoms with Crippen molar-refractivity contribution in [3.63, 3.8) is 0 Å². The molecule has 1 fully saturated rings. The first kappa shape index (κ1) is 11.2. The molecule has 1 aliphatic carbocycles. The molecule has 2 heteroatoms. The smallest absolute Gasteiger partial charge is 0.0175 e. The standard InChI is InChI=1S/C13H18BrN/c1-2-15-10-13(8-3-9-13)11-4-6-12(14)7-5-11/h4-7,15H,2-3,8-10H2,1H3. The van der Waals surface area contributed by atoms with Crippen LogP contribution in [0.3, 0.4) is 0 Å². The van der Waals surface area contributed by atoms with Crippen molar-refractivity contribution >= 4 is 15.9 Å². The van der Waals surface area contributed by atoms with Crippen LogP contribution in [0.4, 0.5) is 0 Å². The Balaban J connectivity index is 2.14. The lowest BCUT2D eigenvalue weighted by Crippen LogP contribution is -2.43. The fourth-order valence-electron chi connectivity index (χ4n) is 2.34. The van der Waals surface area contributed by atoms with E-state index in [2.05, 4.69) is 52.4 Å². The summed E-state index contributed by atoms with van der Waals surface area (Å²) in [7, 11) is 0. The van der Waals surface area contributed by atoms with Gasteiger partial charge in [-0.05, 0) is 37.1 Å². The molecule has 1 saturated carbocycles. The third-order valence-corrected chi connectivity index (χ3v) is 4.01. The monoisotopic (exact) mass is 267 g/mol. The minimum absolute atomic E-state index is 0.427. The topological polar surface area (TPSA) is 12.0 Å². The van der Waals surface area contributed by atoms with Gasteiger partial charge in [0.15, 0.2) is 0 Å². The van der Waals surface area contributed by atoms with Crippen molar-refractivity contribution in [2.24, 2.45) is 0 Å². The normalized spacial score (nSPS) is 18.5. The molecule has 0 heterocycles. The van der Waals surface area contributed by atoms with E-state index in [1.54, 1.807) is 0 Å². The molecule has 1 nitrogen and oxygen atoms in total. The van der Waals surface area contributed by atoms with Gasteiger partial charge in [-0.25, -0.2) is 0 Å². The van der Waals surface area contributed by atoms with E-state index in [4.69, 9.17) is 0 Å². The molecule has 0 bridgehead atoms. The molecule has 1 aromatic rings. The molecule has 0 aliphatic heterocycles. The number of halogens is 1. The maximum atomic E-state index is 3.49. The lowest BCUT2D eigenvalue weighted by Gasteiger charge is -2.42. The van der Waals surface area contributed by atoms with Gasteiger partial charge in [0.1, 0.15) is 0 Å². The summed E-state index contributed by atoms with van der Waals surface area (Å²) in [5.74, 6) is 0. The lowest BCUT2D eigenvalue weighted by atomic mass is 9.64. The quantitative estimate of drug-likeness (QED) is 0.881. The highest BCUT2D eigenvalue weighted by Crippen LogP contribution is 2.43. The maximum absolute atomic E-state index is 3.49. The Hall–Kier alpha value is -0.340. The van der Waals surface area contributed by atoms with Crippen LogP contribution in [0.1, 0.15) is 31.7 Å². The zero-order valence-electron chi connectivity index (χ0n) is 9.22. The van der Waals surface area contributed by atoms with Crippen molar-refractivity contribution in [1.29, 1.82) is 0 Å². The number of likely N-dealkylation sites (N-methyl/N-ethyl adjacent to an activating group) is 1. The van der Waals surface area contributed by atoms with Crippen molar-refractivity contribution in [3.05, 3.63) is 34.3 Å². The van der Waals surface area contributed by atoms with Crippen LogP contribution in [0.15, 0.2) is 28.7 Å². The molecule has 1 N–H and O–H groups in total. The molecule has 1 aliphatic rings. The van der Waals surface area contributed by atoms with Gasteiger partial charge in [-0.2, -0.15) is 0 Å². The highest BCUT2D eigenvalue weighted by molar-refractivity contribution is 9.10. The minimum Gasteiger partial charge on any atom is -0.316 e. The number of hydrogen-bond acceptors (Lipinski definition) is 1. The molecular formula is C13H18BrN. The average Bonchev–Trinajstić information content (AvgIpc) is 2.19. The number of benzene rings is 1. The second-order valence-corrected chi connectivity index (χ2v) is 5.34. The van der Waals surface area contributed by atoms with Gasteiger partial charge in [-0.15, -0.1) is 0 Å². The van der Waals surface area contributed by atoms with Gasteiger partial charge in [0, 0.05) is 16.4 Å². The summed E-state index contributed by atoms with van der Waals surface area (Å²) in [6.07, 6.45) is 4.05. The van der Waals surface area contributed by atoms with Gasteiger partial charge in [0.25, 0.3) is 0 Å². The number of hydrogen-bond donors (Lipinski definition) is 1. The van der Waals surface area contributed by atoms with Gasteiger partial charge in [0.05, 0.1) is 0 Å². The Morgan fingerprint density at radius 3 is 2.40 bits per heavy atom. The summed E-state index contributed by atoms with van der Waals surface area (Å²) in [5.41, 5.74) is 1.93. The first-order valence-corrected chi connectivity index (χ1v) is 6.53. The lowest BCUT2D eigenvalue weighted by molar-refractivity contribution is 0.235. The molecule has 15 heavy (non-hydrogen) atoms. The number of nitrogens with one attached hydrogen (secondary N) is 1. The highest BCUT2D eigenvalue weighted by Gasteiger charge is 2.37. The van der Waals surface area contributed by atoms with Crippen molar-refractivity contribution in [2.45, 2.75) is 31.6 Å². The summed E-state index contributed by atoms with van der Waals surface area (Å²) >= 11 is 3.49. The summed E-state index contributed by atoms with van der Waals surface area (Å²) < 4.78 is 1.17. The fourth-order valence-corrected chi connectivity index (χ4v) is 2.60. The fraction of sp³-hybridized carbons (Fsp3) is 0.538. The van der Waals surface area contributed by atoms with Gasteiger partial charge >= 0.3 is 0 Å². The van der Waals surface area contributed by atoms with E-state index in [-0.39, 0.29) is 0 Å². The van der Waals surface area contributed by atoms with Crippen molar-refractivity contribution in [2.75, 3.05) is 13.1 Å². The van der Waals surface area contributed by atoms with Crippen LogP contribution in [0.25, 0.3) is 0 Å². The Labute approximate surface area is 100 Å². The highest BCUT2D eigenvalue weighted by atomic mass is 79.9. The molecule has 0 spiro atoms. The van der Waals surface area contributed by atoms with Crippen molar-refractivity contribution in [3.8, 4) is 0 Å². The largest absolute Gasteiger partial charge is 0.316 e. The second-order valence-electron chi connectivity index (χ2n) is 4.42. The summed E-state index contributed by atoms with van der Waals surface area (Å²) in [4.78, 5) is 0. The number of rotatable bonds is 4. The first-order chi connectivity index (χ1) is 7.27. The van der Waals surface area contributed by atoms with Crippen molar-refractivity contribution in [1.82, 2.24) is 5.32 Å². The van der Waals surface area contributed by atoms with Crippen LogP contribution in [-0.2, 0) is 5.41 Å². The van der Waals surface area contributed by atoms with E-state index < -0.39 is 0 Å². The zero-order valence-corrected chi connectivity index (χ0v) is 10.8. The third kappa shape index (κ3) is 2.26. The SMILES string of the molecule is CCNCC1(c2ccc(Br)cc2)CCC1. The predicted molar refractivity (Wildman–Crippen MR) is 68.2 cm³/mol. The van der Waals surface area contributed by atoms with Gasteiger partial charge < -0.3 is 5.32 Å².